The number of likely N-dealkylation sites (tertiary alicyclic amines) is 1. The zero-order chi connectivity index (χ0) is 25.2. The van der Waals surface area contributed by atoms with Gasteiger partial charge in [-0.1, -0.05) is 12.1 Å². The average Bonchev–Trinajstić information content (AvgIpc) is 3.63. The second kappa shape index (κ2) is 10.3. The maximum absolute atomic E-state index is 15.4. The standard InChI is InChI=1S/C23H27F5N6O/c24-18-11-33(12-19(29)35)8-7-15(18)9-30-21-20(25)22(32-13-31-21)34(17-5-6-17)10-14-1-3-16(4-2-14)23(26,27)28/h1-4,13,15,17-18H,5-12H2,(H2,29,35)(H,30,31,32)/t15-,18+/m1/s1. The number of nitrogens with two attached hydrogens (primary N) is 1. The molecular formula is C23H27F5N6O. The van der Waals surface area contributed by atoms with Gasteiger partial charge in [0.1, 0.15) is 12.5 Å². The minimum absolute atomic E-state index is 0.000397. The number of alkyl halides is 4. The Hall–Kier alpha value is -3.02. The molecule has 0 spiro atoms. The number of hydrogen-bond acceptors (Lipinski definition) is 6. The van der Waals surface area contributed by atoms with Gasteiger partial charge in [0.05, 0.1) is 12.1 Å². The van der Waals surface area contributed by atoms with E-state index in [1.54, 1.807) is 9.80 Å². The van der Waals surface area contributed by atoms with E-state index in [4.69, 9.17) is 5.73 Å². The first-order valence-electron chi connectivity index (χ1n) is 11.4. The highest BCUT2D eigenvalue weighted by atomic mass is 19.4. The Labute approximate surface area is 199 Å². The quantitative estimate of drug-likeness (QED) is 0.516. The normalized spacial score (nSPS) is 21.1. The summed E-state index contributed by atoms with van der Waals surface area (Å²) < 4.78 is 68.5. The fourth-order valence-corrected chi connectivity index (χ4v) is 4.28. The van der Waals surface area contributed by atoms with Crippen molar-refractivity contribution in [2.75, 3.05) is 36.4 Å². The van der Waals surface area contributed by atoms with E-state index >= 15 is 4.39 Å². The maximum Gasteiger partial charge on any atom is 0.416 e. The second-order valence-electron chi connectivity index (χ2n) is 9.06. The number of primary amides is 1. The lowest BCUT2D eigenvalue weighted by molar-refractivity contribution is -0.137. The van der Waals surface area contributed by atoms with Gasteiger partial charge in [-0.05, 0) is 43.5 Å². The van der Waals surface area contributed by atoms with Gasteiger partial charge in [0, 0.05) is 31.6 Å². The Morgan fingerprint density at radius 3 is 2.49 bits per heavy atom. The van der Waals surface area contributed by atoms with Gasteiger partial charge in [-0.2, -0.15) is 17.6 Å². The molecule has 7 nitrogen and oxygen atoms in total. The number of benzene rings is 1. The van der Waals surface area contributed by atoms with Gasteiger partial charge >= 0.3 is 6.18 Å². The molecule has 2 aromatic rings. The molecule has 1 aliphatic carbocycles. The number of anilines is 2. The number of amides is 1. The Morgan fingerprint density at radius 2 is 1.89 bits per heavy atom. The van der Waals surface area contributed by atoms with E-state index in [1.807, 2.05) is 0 Å². The molecule has 2 atom stereocenters. The van der Waals surface area contributed by atoms with Crippen LogP contribution in [0.1, 0.15) is 30.4 Å². The van der Waals surface area contributed by atoms with Crippen LogP contribution in [0.4, 0.5) is 33.6 Å². The fraction of sp³-hybridized carbons (Fsp3) is 0.522. The first-order valence-corrected chi connectivity index (χ1v) is 11.4. The molecule has 2 aliphatic rings. The van der Waals surface area contributed by atoms with Crippen molar-refractivity contribution in [2.24, 2.45) is 11.7 Å². The minimum Gasteiger partial charge on any atom is -0.369 e. The Kier molecular flexibility index (Phi) is 7.39. The van der Waals surface area contributed by atoms with E-state index in [-0.39, 0.29) is 49.8 Å². The molecule has 2 heterocycles. The summed E-state index contributed by atoms with van der Waals surface area (Å²) in [4.78, 5) is 22.5. The number of aromatic nitrogens is 2. The number of carbonyl (C=O) groups excluding carboxylic acids is 1. The van der Waals surface area contributed by atoms with Gasteiger partial charge in [0.2, 0.25) is 11.7 Å². The molecule has 0 unspecified atom stereocenters. The van der Waals surface area contributed by atoms with Crippen LogP contribution < -0.4 is 16.0 Å². The van der Waals surface area contributed by atoms with Gasteiger partial charge < -0.3 is 16.0 Å². The third kappa shape index (κ3) is 6.36. The van der Waals surface area contributed by atoms with Crippen molar-refractivity contribution < 1.29 is 26.7 Å². The van der Waals surface area contributed by atoms with Gasteiger partial charge in [0.25, 0.3) is 0 Å². The van der Waals surface area contributed by atoms with Crippen LogP contribution >= 0.6 is 0 Å². The molecule has 0 radical (unpaired) electrons. The topological polar surface area (TPSA) is 87.4 Å². The summed E-state index contributed by atoms with van der Waals surface area (Å²) in [5.41, 5.74) is 5.02. The lowest BCUT2D eigenvalue weighted by Gasteiger charge is -2.34. The largest absolute Gasteiger partial charge is 0.416 e. The van der Waals surface area contributed by atoms with Crippen LogP contribution in [-0.2, 0) is 17.5 Å². The number of nitrogens with zero attached hydrogens (tertiary/aromatic N) is 4. The van der Waals surface area contributed by atoms with Crippen molar-refractivity contribution in [3.8, 4) is 0 Å². The molecule has 1 amide bonds. The van der Waals surface area contributed by atoms with Crippen molar-refractivity contribution in [1.82, 2.24) is 14.9 Å². The van der Waals surface area contributed by atoms with Crippen molar-refractivity contribution in [2.45, 2.75) is 44.2 Å². The van der Waals surface area contributed by atoms with Crippen molar-refractivity contribution in [3.63, 3.8) is 0 Å². The van der Waals surface area contributed by atoms with Gasteiger partial charge in [-0.3, -0.25) is 9.69 Å². The van der Waals surface area contributed by atoms with E-state index in [2.05, 4.69) is 15.3 Å². The van der Waals surface area contributed by atoms with Crippen molar-refractivity contribution in [1.29, 1.82) is 0 Å². The molecule has 4 rings (SSSR count). The van der Waals surface area contributed by atoms with E-state index in [1.165, 1.54) is 18.5 Å². The number of piperidine rings is 1. The van der Waals surface area contributed by atoms with Crippen LogP contribution in [0.25, 0.3) is 0 Å². The van der Waals surface area contributed by atoms with Crippen LogP contribution in [0.2, 0.25) is 0 Å². The SMILES string of the molecule is NC(=O)CN1CC[C@H](CNc2ncnc(N(Cc3ccc(C(F)(F)F)cc3)C3CC3)c2F)[C@@H](F)C1. The summed E-state index contributed by atoms with van der Waals surface area (Å²) in [6.07, 6.45) is -2.30. The molecule has 1 aliphatic heterocycles. The monoisotopic (exact) mass is 498 g/mol. The highest BCUT2D eigenvalue weighted by Crippen LogP contribution is 2.35. The summed E-state index contributed by atoms with van der Waals surface area (Å²) in [6.45, 7) is 0.938. The molecule has 0 bridgehead atoms. The van der Waals surface area contributed by atoms with E-state index in [0.717, 1.165) is 25.0 Å². The molecule has 3 N–H and O–H groups in total. The van der Waals surface area contributed by atoms with E-state index in [9.17, 15) is 22.4 Å². The smallest absolute Gasteiger partial charge is 0.369 e. The Balaban J connectivity index is 1.42. The molecule has 1 aromatic heterocycles. The van der Waals surface area contributed by atoms with Crippen LogP contribution in [-0.4, -0.2) is 59.2 Å². The van der Waals surface area contributed by atoms with Crippen molar-refractivity contribution in [3.05, 3.63) is 47.5 Å². The summed E-state index contributed by atoms with van der Waals surface area (Å²) in [5.74, 6) is -1.59. The van der Waals surface area contributed by atoms with Crippen LogP contribution in [0.5, 0.6) is 0 Å². The summed E-state index contributed by atoms with van der Waals surface area (Å²) >= 11 is 0. The third-order valence-electron chi connectivity index (χ3n) is 6.34. The molecule has 1 saturated carbocycles. The lowest BCUT2D eigenvalue weighted by atomic mass is 9.95. The molecule has 12 heteroatoms. The number of nitrogens with one attached hydrogen (secondary N) is 1. The van der Waals surface area contributed by atoms with Crippen molar-refractivity contribution >= 4 is 17.5 Å². The number of carbonyl (C=O) groups is 1. The van der Waals surface area contributed by atoms with Gasteiger partial charge in [0.15, 0.2) is 11.6 Å². The van der Waals surface area contributed by atoms with E-state index in [0.29, 0.717) is 18.5 Å². The van der Waals surface area contributed by atoms with Gasteiger partial charge in [-0.25, -0.2) is 14.4 Å². The fourth-order valence-electron chi connectivity index (χ4n) is 4.28. The molecule has 190 valence electrons. The predicted molar refractivity (Wildman–Crippen MR) is 120 cm³/mol. The first-order chi connectivity index (χ1) is 16.6. The summed E-state index contributed by atoms with van der Waals surface area (Å²) in [5, 5.41) is 2.88. The van der Waals surface area contributed by atoms with Crippen LogP contribution in [0, 0.1) is 11.7 Å². The van der Waals surface area contributed by atoms with Crippen LogP contribution in [0.3, 0.4) is 0 Å². The lowest BCUT2D eigenvalue weighted by Crippen LogP contribution is -2.46. The average molecular weight is 499 g/mol. The molecule has 2 fully saturated rings. The highest BCUT2D eigenvalue weighted by Gasteiger charge is 2.34. The number of hydrogen-bond donors (Lipinski definition) is 2. The maximum atomic E-state index is 15.4. The Morgan fingerprint density at radius 1 is 1.17 bits per heavy atom. The Bertz CT molecular complexity index is 1030. The molecule has 1 saturated heterocycles. The molecule has 1 aromatic carbocycles. The van der Waals surface area contributed by atoms with Crippen LogP contribution in [0.15, 0.2) is 30.6 Å². The first kappa shape index (κ1) is 25.1. The predicted octanol–water partition coefficient (Wildman–Crippen LogP) is 3.36. The number of rotatable bonds is 9. The second-order valence-corrected chi connectivity index (χ2v) is 9.06. The number of halogens is 5. The minimum atomic E-state index is -4.43. The summed E-state index contributed by atoms with van der Waals surface area (Å²) in [6, 6.07) is 4.79. The van der Waals surface area contributed by atoms with E-state index < -0.39 is 29.6 Å². The summed E-state index contributed by atoms with van der Waals surface area (Å²) in [7, 11) is 0. The molecular weight excluding hydrogens is 471 g/mol. The zero-order valence-electron chi connectivity index (χ0n) is 18.9. The molecule has 35 heavy (non-hydrogen) atoms. The highest BCUT2D eigenvalue weighted by molar-refractivity contribution is 5.75. The van der Waals surface area contributed by atoms with Gasteiger partial charge in [-0.15, -0.1) is 0 Å². The third-order valence-corrected chi connectivity index (χ3v) is 6.34. The zero-order valence-corrected chi connectivity index (χ0v) is 18.9.